The summed E-state index contributed by atoms with van der Waals surface area (Å²) in [4.78, 5) is 4.26. The van der Waals surface area contributed by atoms with Crippen molar-refractivity contribution < 1.29 is 9.31 Å². The first-order valence-electron chi connectivity index (χ1n) is 6.70. The minimum atomic E-state index is -0.400. The van der Waals surface area contributed by atoms with Gasteiger partial charge in [-0.25, -0.2) is 4.68 Å². The van der Waals surface area contributed by atoms with Crippen molar-refractivity contribution in [2.24, 2.45) is 0 Å². The molecular formula is C14H18BN3O2. The predicted molar refractivity (Wildman–Crippen MR) is 77.1 cm³/mol. The van der Waals surface area contributed by atoms with E-state index in [1.165, 1.54) is 0 Å². The van der Waals surface area contributed by atoms with E-state index in [0.717, 1.165) is 11.2 Å². The molecule has 0 N–H and O–H groups in total. The minimum absolute atomic E-state index is 0.348. The lowest BCUT2D eigenvalue weighted by Gasteiger charge is -2.32. The molecular weight excluding hydrogens is 253 g/mol. The summed E-state index contributed by atoms with van der Waals surface area (Å²) in [6, 6.07) is 3.86. The van der Waals surface area contributed by atoms with Crippen molar-refractivity contribution in [3.8, 4) is 5.69 Å². The van der Waals surface area contributed by atoms with Gasteiger partial charge in [0.05, 0.1) is 23.1 Å². The molecule has 0 atom stereocenters. The van der Waals surface area contributed by atoms with Gasteiger partial charge in [-0.2, -0.15) is 5.10 Å². The van der Waals surface area contributed by atoms with Crippen molar-refractivity contribution >= 4 is 12.6 Å². The van der Waals surface area contributed by atoms with E-state index in [4.69, 9.17) is 9.31 Å². The topological polar surface area (TPSA) is 49.2 Å². The average Bonchev–Trinajstić information content (AvgIpc) is 2.97. The van der Waals surface area contributed by atoms with E-state index >= 15 is 0 Å². The normalized spacial score (nSPS) is 20.3. The van der Waals surface area contributed by atoms with Gasteiger partial charge in [0, 0.05) is 24.1 Å². The molecule has 20 heavy (non-hydrogen) atoms. The van der Waals surface area contributed by atoms with Crippen LogP contribution in [-0.4, -0.2) is 33.1 Å². The predicted octanol–water partition coefficient (Wildman–Crippen LogP) is 1.57. The Morgan fingerprint density at radius 2 is 1.80 bits per heavy atom. The Bertz CT molecular complexity index is 595. The highest BCUT2D eigenvalue weighted by Gasteiger charge is 2.51. The van der Waals surface area contributed by atoms with Crippen LogP contribution in [0.4, 0.5) is 0 Å². The minimum Gasteiger partial charge on any atom is -0.399 e. The SMILES string of the molecule is CC1(C)OB(c2cncc(-n3cccn3)c2)OC1(C)C. The summed E-state index contributed by atoms with van der Waals surface area (Å²) >= 11 is 0. The molecule has 2 aromatic rings. The van der Waals surface area contributed by atoms with Crippen molar-refractivity contribution in [1.82, 2.24) is 14.8 Å². The van der Waals surface area contributed by atoms with Crippen molar-refractivity contribution in [3.63, 3.8) is 0 Å². The average molecular weight is 271 g/mol. The molecule has 6 heteroatoms. The van der Waals surface area contributed by atoms with Crippen molar-refractivity contribution in [2.45, 2.75) is 38.9 Å². The van der Waals surface area contributed by atoms with Gasteiger partial charge in [-0.05, 0) is 39.8 Å². The molecule has 0 unspecified atom stereocenters. The van der Waals surface area contributed by atoms with E-state index < -0.39 is 7.12 Å². The van der Waals surface area contributed by atoms with Gasteiger partial charge < -0.3 is 9.31 Å². The number of pyridine rings is 1. The van der Waals surface area contributed by atoms with Crippen LogP contribution in [0.25, 0.3) is 5.69 Å². The van der Waals surface area contributed by atoms with Gasteiger partial charge in [0.15, 0.2) is 0 Å². The number of aromatic nitrogens is 3. The second-order valence-electron chi connectivity index (χ2n) is 6.02. The lowest BCUT2D eigenvalue weighted by Crippen LogP contribution is -2.41. The summed E-state index contributed by atoms with van der Waals surface area (Å²) < 4.78 is 13.8. The molecule has 3 heterocycles. The zero-order valence-corrected chi connectivity index (χ0v) is 12.2. The fourth-order valence-electron chi connectivity index (χ4n) is 2.10. The van der Waals surface area contributed by atoms with Crippen molar-refractivity contribution in [3.05, 3.63) is 36.9 Å². The molecule has 0 bridgehead atoms. The van der Waals surface area contributed by atoms with Crippen LogP contribution < -0.4 is 5.46 Å². The molecule has 104 valence electrons. The fraction of sp³-hybridized carbons (Fsp3) is 0.429. The second-order valence-corrected chi connectivity index (χ2v) is 6.02. The molecule has 0 aliphatic carbocycles. The molecule has 0 saturated carbocycles. The zero-order chi connectivity index (χ0) is 14.4. The van der Waals surface area contributed by atoms with Crippen LogP contribution in [0.15, 0.2) is 36.9 Å². The molecule has 3 rings (SSSR count). The molecule has 0 amide bonds. The Balaban J connectivity index is 1.91. The van der Waals surface area contributed by atoms with Crippen LogP contribution in [0.5, 0.6) is 0 Å². The first-order valence-corrected chi connectivity index (χ1v) is 6.70. The van der Waals surface area contributed by atoms with Gasteiger partial charge in [0.1, 0.15) is 0 Å². The lowest BCUT2D eigenvalue weighted by molar-refractivity contribution is 0.00578. The molecule has 1 saturated heterocycles. The maximum absolute atomic E-state index is 6.03. The summed E-state index contributed by atoms with van der Waals surface area (Å²) in [6.45, 7) is 8.16. The summed E-state index contributed by atoms with van der Waals surface area (Å²) in [5, 5.41) is 4.21. The van der Waals surface area contributed by atoms with Gasteiger partial charge in [0.2, 0.25) is 0 Å². The van der Waals surface area contributed by atoms with Gasteiger partial charge in [-0.3, -0.25) is 4.98 Å². The molecule has 1 aliphatic heterocycles. The van der Waals surface area contributed by atoms with Crippen LogP contribution in [-0.2, 0) is 9.31 Å². The maximum atomic E-state index is 6.03. The van der Waals surface area contributed by atoms with Crippen molar-refractivity contribution in [1.29, 1.82) is 0 Å². The number of hydrogen-bond acceptors (Lipinski definition) is 4. The maximum Gasteiger partial charge on any atom is 0.496 e. The van der Waals surface area contributed by atoms with E-state index in [0.29, 0.717) is 0 Å². The van der Waals surface area contributed by atoms with Crippen LogP contribution in [0, 0.1) is 0 Å². The Kier molecular flexibility index (Phi) is 2.95. The van der Waals surface area contributed by atoms with Gasteiger partial charge in [-0.15, -0.1) is 0 Å². The highest BCUT2D eigenvalue weighted by molar-refractivity contribution is 6.62. The summed E-state index contributed by atoms with van der Waals surface area (Å²) in [5.74, 6) is 0. The van der Waals surface area contributed by atoms with E-state index in [1.54, 1.807) is 23.3 Å². The first-order chi connectivity index (χ1) is 9.39. The van der Waals surface area contributed by atoms with Crippen LogP contribution in [0.3, 0.4) is 0 Å². The molecule has 2 aromatic heterocycles. The smallest absolute Gasteiger partial charge is 0.399 e. The standard InChI is InChI=1S/C14H18BN3O2/c1-13(2)14(3,4)20-15(19-13)11-8-12(10-16-9-11)18-7-5-6-17-18/h5-10H,1-4H3. The summed E-state index contributed by atoms with van der Waals surface area (Å²) in [6.07, 6.45) is 7.16. The lowest BCUT2D eigenvalue weighted by atomic mass is 9.80. The van der Waals surface area contributed by atoms with Crippen molar-refractivity contribution in [2.75, 3.05) is 0 Å². The Morgan fingerprint density at radius 1 is 1.10 bits per heavy atom. The zero-order valence-electron chi connectivity index (χ0n) is 12.2. The van der Waals surface area contributed by atoms with Crippen LogP contribution in [0.2, 0.25) is 0 Å². The molecule has 5 nitrogen and oxygen atoms in total. The first kappa shape index (κ1) is 13.3. The van der Waals surface area contributed by atoms with Gasteiger partial charge in [0.25, 0.3) is 0 Å². The Labute approximate surface area is 119 Å². The highest BCUT2D eigenvalue weighted by Crippen LogP contribution is 2.36. The Hall–Kier alpha value is -1.66. The summed E-state index contributed by atoms with van der Waals surface area (Å²) in [7, 11) is -0.400. The molecule has 1 aliphatic rings. The van der Waals surface area contributed by atoms with E-state index in [9.17, 15) is 0 Å². The van der Waals surface area contributed by atoms with Crippen LogP contribution in [0.1, 0.15) is 27.7 Å². The van der Waals surface area contributed by atoms with Gasteiger partial charge in [-0.1, -0.05) is 0 Å². The van der Waals surface area contributed by atoms with E-state index in [2.05, 4.69) is 10.1 Å². The second kappa shape index (κ2) is 4.43. The van der Waals surface area contributed by atoms with E-state index in [1.807, 2.05) is 46.0 Å². The molecule has 0 spiro atoms. The largest absolute Gasteiger partial charge is 0.496 e. The van der Waals surface area contributed by atoms with Gasteiger partial charge >= 0.3 is 7.12 Å². The monoisotopic (exact) mass is 271 g/mol. The third kappa shape index (κ3) is 2.15. The Morgan fingerprint density at radius 3 is 2.40 bits per heavy atom. The third-order valence-electron chi connectivity index (χ3n) is 4.04. The third-order valence-corrected chi connectivity index (χ3v) is 4.04. The van der Waals surface area contributed by atoms with E-state index in [-0.39, 0.29) is 11.2 Å². The number of hydrogen-bond donors (Lipinski definition) is 0. The molecule has 0 radical (unpaired) electrons. The number of nitrogens with zero attached hydrogens (tertiary/aromatic N) is 3. The number of rotatable bonds is 2. The summed E-state index contributed by atoms with van der Waals surface area (Å²) in [5.41, 5.74) is 1.09. The fourth-order valence-corrected chi connectivity index (χ4v) is 2.10. The quantitative estimate of drug-likeness (QED) is 0.778. The molecule has 0 aromatic carbocycles. The highest BCUT2D eigenvalue weighted by atomic mass is 16.7. The molecule has 1 fully saturated rings. The van der Waals surface area contributed by atoms with Crippen LogP contribution >= 0.6 is 0 Å².